The molecule has 1 aromatic heterocycles. The predicted octanol–water partition coefficient (Wildman–Crippen LogP) is 4.24. The Labute approximate surface area is 200 Å². The number of hydrogen-bond donors (Lipinski definition) is 3. The van der Waals surface area contributed by atoms with Gasteiger partial charge < -0.3 is 10.2 Å². The number of β-amino-alcohol motifs (C(OH)–C–C–N with tert-alkyl or cyclic N) is 1. The molecule has 0 aliphatic carbocycles. The van der Waals surface area contributed by atoms with Crippen molar-refractivity contribution in [2.75, 3.05) is 13.2 Å². The van der Waals surface area contributed by atoms with Crippen molar-refractivity contribution >= 4 is 51.0 Å². The molecular formula is C22H17ClF3N3O4S. The van der Waals surface area contributed by atoms with Crippen molar-refractivity contribution in [2.45, 2.75) is 18.7 Å². The van der Waals surface area contributed by atoms with Gasteiger partial charge in [-0.3, -0.25) is 19.6 Å². The molecule has 3 aromatic rings. The first-order valence-electron chi connectivity index (χ1n) is 9.93. The SMILES string of the molecule is O=C1S/C(=C(/Cc2ccc(Cl)cc2C(F)(F)F)c2ccc3[nH]ncc3c2)C(=O)N1CC(O)CO. The van der Waals surface area contributed by atoms with E-state index >= 15 is 0 Å². The van der Waals surface area contributed by atoms with Crippen LogP contribution in [0.2, 0.25) is 5.02 Å². The van der Waals surface area contributed by atoms with Gasteiger partial charge in [0.05, 0.1) is 41.4 Å². The molecule has 4 rings (SSSR count). The average molecular weight is 512 g/mol. The Bertz CT molecular complexity index is 1310. The molecule has 2 heterocycles. The number of aromatic nitrogens is 2. The molecule has 34 heavy (non-hydrogen) atoms. The summed E-state index contributed by atoms with van der Waals surface area (Å²) in [4.78, 5) is 26.3. The summed E-state index contributed by atoms with van der Waals surface area (Å²) in [7, 11) is 0. The first-order valence-corrected chi connectivity index (χ1v) is 11.1. The number of allylic oxidation sites excluding steroid dienone is 1. The Morgan fingerprint density at radius 1 is 1.21 bits per heavy atom. The topological polar surface area (TPSA) is 107 Å². The van der Waals surface area contributed by atoms with E-state index in [0.29, 0.717) is 28.2 Å². The van der Waals surface area contributed by atoms with Gasteiger partial charge in [-0.2, -0.15) is 18.3 Å². The van der Waals surface area contributed by atoms with E-state index in [9.17, 15) is 27.9 Å². The Hall–Kier alpha value is -2.86. The van der Waals surface area contributed by atoms with Crippen molar-refractivity contribution in [3.8, 4) is 0 Å². The molecule has 1 unspecified atom stereocenters. The standard InChI is InChI=1S/C22H17ClF3N3O4S/c23-14-3-1-12(17(7-14)22(24,25)26)6-16(11-2-4-18-13(5-11)8-27-28-18)19-20(32)29(21(33)34-19)9-15(31)10-30/h1-5,7-8,15,30-31H,6,9-10H2,(H,27,28)/b19-16-. The number of nitrogens with one attached hydrogen (secondary N) is 1. The zero-order valence-electron chi connectivity index (χ0n) is 17.3. The fourth-order valence-electron chi connectivity index (χ4n) is 3.61. The van der Waals surface area contributed by atoms with Crippen LogP contribution in [0, 0.1) is 0 Å². The van der Waals surface area contributed by atoms with Gasteiger partial charge in [0.1, 0.15) is 0 Å². The van der Waals surface area contributed by atoms with Gasteiger partial charge in [0.2, 0.25) is 0 Å². The number of halogens is 4. The molecule has 1 aliphatic rings. The highest BCUT2D eigenvalue weighted by Gasteiger charge is 2.39. The number of aromatic amines is 1. The third-order valence-corrected chi connectivity index (χ3v) is 6.52. The van der Waals surface area contributed by atoms with E-state index in [0.717, 1.165) is 11.0 Å². The maximum absolute atomic E-state index is 13.7. The Morgan fingerprint density at radius 3 is 2.68 bits per heavy atom. The summed E-state index contributed by atoms with van der Waals surface area (Å²) in [5.74, 6) is -0.757. The van der Waals surface area contributed by atoms with Crippen LogP contribution in [0.25, 0.3) is 16.5 Å². The Balaban J connectivity index is 1.86. The summed E-state index contributed by atoms with van der Waals surface area (Å²) in [6.45, 7) is -1.10. The molecule has 2 aromatic carbocycles. The number of carbonyl (C=O) groups is 2. The van der Waals surface area contributed by atoms with E-state index in [1.165, 1.54) is 18.3 Å². The van der Waals surface area contributed by atoms with Crippen molar-refractivity contribution in [3.63, 3.8) is 0 Å². The lowest BCUT2D eigenvalue weighted by Crippen LogP contribution is -2.37. The minimum atomic E-state index is -4.69. The number of benzene rings is 2. The first kappa shape index (κ1) is 24.3. The quantitative estimate of drug-likeness (QED) is 0.427. The molecule has 0 spiro atoms. The number of nitrogens with zero attached hydrogens (tertiary/aromatic N) is 2. The average Bonchev–Trinajstić information content (AvgIpc) is 3.36. The third-order valence-electron chi connectivity index (χ3n) is 5.26. The maximum Gasteiger partial charge on any atom is 0.416 e. The normalized spacial score (nSPS) is 17.1. The summed E-state index contributed by atoms with van der Waals surface area (Å²) in [5.41, 5.74) is 0.258. The Morgan fingerprint density at radius 2 is 1.97 bits per heavy atom. The van der Waals surface area contributed by atoms with Gasteiger partial charge in [0.15, 0.2) is 0 Å². The molecule has 178 valence electrons. The number of fused-ring (bicyclic) bond motifs is 1. The third kappa shape index (κ3) is 4.83. The number of carbonyl (C=O) groups excluding carboxylic acids is 2. The zero-order chi connectivity index (χ0) is 24.6. The van der Waals surface area contributed by atoms with Crippen LogP contribution >= 0.6 is 23.4 Å². The minimum Gasteiger partial charge on any atom is -0.394 e. The van der Waals surface area contributed by atoms with Crippen LogP contribution < -0.4 is 0 Å². The van der Waals surface area contributed by atoms with Gasteiger partial charge in [0.25, 0.3) is 11.1 Å². The second-order valence-electron chi connectivity index (χ2n) is 7.58. The monoisotopic (exact) mass is 511 g/mol. The molecule has 2 amide bonds. The number of imide groups is 1. The summed E-state index contributed by atoms with van der Waals surface area (Å²) < 4.78 is 41.2. The number of aliphatic hydroxyl groups is 2. The van der Waals surface area contributed by atoms with E-state index in [1.54, 1.807) is 18.2 Å². The first-order chi connectivity index (χ1) is 16.1. The van der Waals surface area contributed by atoms with Crippen LogP contribution in [0.15, 0.2) is 47.5 Å². The summed E-state index contributed by atoms with van der Waals surface area (Å²) in [6.07, 6.45) is -4.81. The highest BCUT2D eigenvalue weighted by atomic mass is 35.5. The van der Waals surface area contributed by atoms with Crippen LogP contribution in [0.3, 0.4) is 0 Å². The number of H-pyrrole nitrogens is 1. The van der Waals surface area contributed by atoms with E-state index in [1.807, 2.05) is 0 Å². The van der Waals surface area contributed by atoms with Crippen LogP contribution in [-0.2, 0) is 17.4 Å². The van der Waals surface area contributed by atoms with E-state index < -0.39 is 42.1 Å². The largest absolute Gasteiger partial charge is 0.416 e. The number of aliphatic hydroxyl groups excluding tert-OH is 2. The lowest BCUT2D eigenvalue weighted by atomic mass is 9.93. The molecule has 1 atom stereocenters. The van der Waals surface area contributed by atoms with Crippen molar-refractivity contribution < 1.29 is 33.0 Å². The highest BCUT2D eigenvalue weighted by molar-refractivity contribution is 8.18. The molecule has 7 nitrogen and oxygen atoms in total. The summed E-state index contributed by atoms with van der Waals surface area (Å²) >= 11 is 6.38. The van der Waals surface area contributed by atoms with Crippen LogP contribution in [0.1, 0.15) is 16.7 Å². The second-order valence-corrected chi connectivity index (χ2v) is 8.97. The van der Waals surface area contributed by atoms with Crippen molar-refractivity contribution in [2.24, 2.45) is 0 Å². The zero-order valence-corrected chi connectivity index (χ0v) is 18.8. The molecule has 0 bridgehead atoms. The fourth-order valence-corrected chi connectivity index (χ4v) is 4.73. The van der Waals surface area contributed by atoms with Crippen LogP contribution in [0.4, 0.5) is 18.0 Å². The number of alkyl halides is 3. The maximum atomic E-state index is 13.7. The predicted molar refractivity (Wildman–Crippen MR) is 121 cm³/mol. The molecule has 0 radical (unpaired) electrons. The van der Waals surface area contributed by atoms with Gasteiger partial charge in [-0.25, -0.2) is 0 Å². The van der Waals surface area contributed by atoms with E-state index in [2.05, 4.69) is 10.2 Å². The van der Waals surface area contributed by atoms with Crippen molar-refractivity contribution in [3.05, 3.63) is 69.2 Å². The molecular weight excluding hydrogens is 495 g/mol. The molecule has 1 saturated heterocycles. The Kier molecular flexibility index (Phi) is 6.72. The smallest absolute Gasteiger partial charge is 0.394 e. The second kappa shape index (κ2) is 9.41. The molecule has 12 heteroatoms. The highest BCUT2D eigenvalue weighted by Crippen LogP contribution is 2.41. The lowest BCUT2D eigenvalue weighted by molar-refractivity contribution is -0.138. The molecule has 1 aliphatic heterocycles. The van der Waals surface area contributed by atoms with Crippen LogP contribution in [-0.4, -0.2) is 55.7 Å². The fraction of sp³-hybridized carbons (Fsp3) is 0.227. The van der Waals surface area contributed by atoms with Crippen molar-refractivity contribution in [1.82, 2.24) is 15.1 Å². The summed E-state index contributed by atoms with van der Waals surface area (Å²) in [6, 6.07) is 8.33. The van der Waals surface area contributed by atoms with E-state index in [4.69, 9.17) is 16.7 Å². The number of amides is 2. The lowest BCUT2D eigenvalue weighted by Gasteiger charge is -2.18. The van der Waals surface area contributed by atoms with Gasteiger partial charge in [0, 0.05) is 10.4 Å². The molecule has 1 fully saturated rings. The minimum absolute atomic E-state index is 0.0546. The van der Waals surface area contributed by atoms with E-state index in [-0.39, 0.29) is 27.5 Å². The number of hydrogen-bond acceptors (Lipinski definition) is 6. The van der Waals surface area contributed by atoms with Gasteiger partial charge in [-0.05, 0) is 59.1 Å². The van der Waals surface area contributed by atoms with Gasteiger partial charge in [-0.15, -0.1) is 0 Å². The molecule has 0 saturated carbocycles. The summed E-state index contributed by atoms with van der Waals surface area (Å²) in [5, 5.41) is 25.4. The number of thioether (sulfide) groups is 1. The molecule has 3 N–H and O–H groups in total. The van der Waals surface area contributed by atoms with Crippen molar-refractivity contribution in [1.29, 1.82) is 0 Å². The number of rotatable bonds is 6. The van der Waals surface area contributed by atoms with Crippen LogP contribution in [0.5, 0.6) is 0 Å². The van der Waals surface area contributed by atoms with Gasteiger partial charge in [-0.1, -0.05) is 23.7 Å². The van der Waals surface area contributed by atoms with Gasteiger partial charge >= 0.3 is 6.18 Å².